The zero-order chi connectivity index (χ0) is 11.1. The lowest BCUT2D eigenvalue weighted by molar-refractivity contribution is 0.996. The van der Waals surface area contributed by atoms with Gasteiger partial charge in [0.15, 0.2) is 0 Å². The molecule has 0 aliphatic rings. The SMILES string of the molecule is [N-]=[N+]=NCCC=Cc1cc(Cl)ccc1N. The predicted octanol–water partition coefficient (Wildman–Crippen LogP) is 3.64. The first-order chi connectivity index (χ1) is 7.24. The molecular formula is C10H11ClN4. The van der Waals surface area contributed by atoms with Crippen molar-refractivity contribution in [2.24, 2.45) is 5.11 Å². The normalized spacial score (nSPS) is 10.2. The highest BCUT2D eigenvalue weighted by Crippen LogP contribution is 2.19. The molecule has 15 heavy (non-hydrogen) atoms. The van der Waals surface area contributed by atoms with Crippen LogP contribution < -0.4 is 5.73 Å². The number of hydrogen-bond acceptors (Lipinski definition) is 2. The van der Waals surface area contributed by atoms with Gasteiger partial charge in [-0.15, -0.1) is 0 Å². The molecule has 0 heterocycles. The fourth-order valence-corrected chi connectivity index (χ4v) is 1.26. The average molecular weight is 223 g/mol. The highest BCUT2D eigenvalue weighted by molar-refractivity contribution is 6.30. The molecule has 78 valence electrons. The van der Waals surface area contributed by atoms with Crippen molar-refractivity contribution in [1.82, 2.24) is 0 Å². The van der Waals surface area contributed by atoms with Gasteiger partial charge in [-0.1, -0.05) is 28.9 Å². The number of benzene rings is 1. The fourth-order valence-electron chi connectivity index (χ4n) is 1.08. The summed E-state index contributed by atoms with van der Waals surface area (Å²) >= 11 is 5.82. The fraction of sp³-hybridized carbons (Fsp3) is 0.200. The van der Waals surface area contributed by atoms with Crippen molar-refractivity contribution in [3.63, 3.8) is 0 Å². The lowest BCUT2D eigenvalue weighted by atomic mass is 10.1. The van der Waals surface area contributed by atoms with Crippen LogP contribution in [0, 0.1) is 0 Å². The summed E-state index contributed by atoms with van der Waals surface area (Å²) in [4.78, 5) is 2.66. The maximum absolute atomic E-state index is 8.06. The van der Waals surface area contributed by atoms with Gasteiger partial charge in [-0.3, -0.25) is 0 Å². The molecule has 1 aromatic rings. The van der Waals surface area contributed by atoms with E-state index in [9.17, 15) is 0 Å². The van der Waals surface area contributed by atoms with E-state index in [0.29, 0.717) is 23.7 Å². The van der Waals surface area contributed by atoms with Gasteiger partial charge in [0.1, 0.15) is 0 Å². The smallest absolute Gasteiger partial charge is 0.0413 e. The van der Waals surface area contributed by atoms with Crippen molar-refractivity contribution in [3.05, 3.63) is 45.3 Å². The standard InChI is InChI=1S/C10H11ClN4/c11-9-4-5-10(12)8(7-9)3-1-2-6-14-15-13/h1,3-5,7H,2,6,12H2. The van der Waals surface area contributed by atoms with E-state index in [1.807, 2.05) is 12.2 Å². The minimum atomic E-state index is 0.452. The van der Waals surface area contributed by atoms with E-state index in [1.165, 1.54) is 0 Å². The van der Waals surface area contributed by atoms with E-state index in [2.05, 4.69) is 10.0 Å². The lowest BCUT2D eigenvalue weighted by Crippen LogP contribution is -1.88. The van der Waals surface area contributed by atoms with Crippen LogP contribution in [0.1, 0.15) is 12.0 Å². The van der Waals surface area contributed by atoms with Crippen molar-refractivity contribution in [2.75, 3.05) is 12.3 Å². The Labute approximate surface area is 93.0 Å². The van der Waals surface area contributed by atoms with Crippen LogP contribution >= 0.6 is 11.6 Å². The summed E-state index contributed by atoms with van der Waals surface area (Å²) < 4.78 is 0. The number of nitrogens with two attached hydrogens (primary N) is 1. The molecule has 5 heteroatoms. The Hall–Kier alpha value is -1.64. The molecule has 0 bridgehead atoms. The maximum Gasteiger partial charge on any atom is 0.0413 e. The van der Waals surface area contributed by atoms with Crippen molar-refractivity contribution in [3.8, 4) is 0 Å². The minimum absolute atomic E-state index is 0.452. The molecule has 0 amide bonds. The van der Waals surface area contributed by atoms with Crippen LogP contribution in [-0.4, -0.2) is 6.54 Å². The zero-order valence-corrected chi connectivity index (χ0v) is 8.85. The monoisotopic (exact) mass is 222 g/mol. The third-order valence-corrected chi connectivity index (χ3v) is 2.04. The van der Waals surface area contributed by atoms with Gasteiger partial charge in [-0.25, -0.2) is 0 Å². The Kier molecular flexibility index (Phi) is 4.54. The van der Waals surface area contributed by atoms with Crippen LogP contribution in [0.2, 0.25) is 5.02 Å². The van der Waals surface area contributed by atoms with E-state index in [1.54, 1.807) is 18.2 Å². The molecule has 0 radical (unpaired) electrons. The number of rotatable bonds is 4. The number of halogens is 1. The van der Waals surface area contributed by atoms with Gasteiger partial charge >= 0.3 is 0 Å². The molecular weight excluding hydrogens is 212 g/mol. The van der Waals surface area contributed by atoms with E-state index < -0.39 is 0 Å². The lowest BCUT2D eigenvalue weighted by Gasteiger charge is -1.99. The van der Waals surface area contributed by atoms with Gasteiger partial charge in [0.25, 0.3) is 0 Å². The minimum Gasteiger partial charge on any atom is -0.398 e. The van der Waals surface area contributed by atoms with Gasteiger partial charge in [0.05, 0.1) is 0 Å². The van der Waals surface area contributed by atoms with E-state index in [4.69, 9.17) is 22.9 Å². The largest absolute Gasteiger partial charge is 0.398 e. The molecule has 1 rings (SSSR count). The maximum atomic E-state index is 8.06. The molecule has 0 atom stereocenters. The topological polar surface area (TPSA) is 74.8 Å². The molecule has 0 saturated carbocycles. The van der Waals surface area contributed by atoms with Gasteiger partial charge < -0.3 is 5.73 Å². The van der Waals surface area contributed by atoms with E-state index >= 15 is 0 Å². The summed E-state index contributed by atoms with van der Waals surface area (Å²) in [6.07, 6.45) is 4.46. The third-order valence-electron chi connectivity index (χ3n) is 1.81. The highest BCUT2D eigenvalue weighted by atomic mass is 35.5. The van der Waals surface area contributed by atoms with Gasteiger partial charge in [-0.2, -0.15) is 0 Å². The summed E-state index contributed by atoms with van der Waals surface area (Å²) in [6.45, 7) is 0.452. The Bertz CT molecular complexity index is 408. The molecule has 0 saturated heterocycles. The Morgan fingerprint density at radius 2 is 2.33 bits per heavy atom. The zero-order valence-electron chi connectivity index (χ0n) is 8.10. The van der Waals surface area contributed by atoms with E-state index in [-0.39, 0.29) is 0 Å². The van der Waals surface area contributed by atoms with Crippen LogP contribution in [0.25, 0.3) is 16.5 Å². The average Bonchev–Trinajstić information content (AvgIpc) is 2.23. The molecule has 0 aliphatic carbocycles. The number of azide groups is 1. The summed E-state index contributed by atoms with van der Waals surface area (Å²) in [5.41, 5.74) is 15.4. The van der Waals surface area contributed by atoms with Gasteiger partial charge in [0.2, 0.25) is 0 Å². The number of nitrogens with zero attached hydrogens (tertiary/aromatic N) is 3. The van der Waals surface area contributed by atoms with Crippen LogP contribution in [0.4, 0.5) is 5.69 Å². The Morgan fingerprint density at radius 1 is 1.53 bits per heavy atom. The van der Waals surface area contributed by atoms with Crippen molar-refractivity contribution in [1.29, 1.82) is 0 Å². The first kappa shape index (κ1) is 11.4. The van der Waals surface area contributed by atoms with Gasteiger partial charge in [0, 0.05) is 22.2 Å². The first-order valence-electron chi connectivity index (χ1n) is 4.46. The van der Waals surface area contributed by atoms with Crippen LogP contribution in [-0.2, 0) is 0 Å². The summed E-state index contributed by atoms with van der Waals surface area (Å²) in [6, 6.07) is 5.30. The highest BCUT2D eigenvalue weighted by Gasteiger charge is 1.95. The quantitative estimate of drug-likeness (QED) is 0.273. The number of hydrogen-bond donors (Lipinski definition) is 1. The molecule has 0 aromatic heterocycles. The van der Waals surface area contributed by atoms with Crippen molar-refractivity contribution < 1.29 is 0 Å². The predicted molar refractivity (Wildman–Crippen MR) is 63.5 cm³/mol. The number of nitrogen functional groups attached to an aromatic ring is 1. The van der Waals surface area contributed by atoms with E-state index in [0.717, 1.165) is 5.56 Å². The summed E-state index contributed by atoms with van der Waals surface area (Å²) in [5.74, 6) is 0. The van der Waals surface area contributed by atoms with Gasteiger partial charge in [-0.05, 0) is 35.7 Å². The van der Waals surface area contributed by atoms with Crippen LogP contribution in [0.5, 0.6) is 0 Å². The molecule has 0 aliphatic heterocycles. The Morgan fingerprint density at radius 3 is 3.07 bits per heavy atom. The van der Waals surface area contributed by atoms with Crippen molar-refractivity contribution >= 4 is 23.4 Å². The molecule has 0 fully saturated rings. The second-order valence-electron chi connectivity index (χ2n) is 2.92. The third kappa shape index (κ3) is 3.94. The number of anilines is 1. The summed E-state index contributed by atoms with van der Waals surface area (Å²) in [5, 5.41) is 4.07. The van der Waals surface area contributed by atoms with Crippen LogP contribution in [0.15, 0.2) is 29.4 Å². The second kappa shape index (κ2) is 5.96. The Balaban J connectivity index is 2.63. The molecule has 1 aromatic carbocycles. The molecule has 0 spiro atoms. The molecule has 2 N–H and O–H groups in total. The molecule has 0 unspecified atom stereocenters. The summed E-state index contributed by atoms with van der Waals surface area (Å²) in [7, 11) is 0. The molecule has 4 nitrogen and oxygen atoms in total. The van der Waals surface area contributed by atoms with Crippen LogP contribution in [0.3, 0.4) is 0 Å². The second-order valence-corrected chi connectivity index (χ2v) is 3.36. The first-order valence-corrected chi connectivity index (χ1v) is 4.84. The van der Waals surface area contributed by atoms with Crippen molar-refractivity contribution in [2.45, 2.75) is 6.42 Å².